The molecule has 0 atom stereocenters. The minimum absolute atomic E-state index is 0.151. The Morgan fingerprint density at radius 2 is 2.05 bits per heavy atom. The van der Waals surface area contributed by atoms with E-state index in [1.165, 1.54) is 12.1 Å². The van der Waals surface area contributed by atoms with E-state index >= 15 is 0 Å². The number of rotatable bonds is 2. The average Bonchev–Trinajstić information content (AvgIpc) is 3.19. The van der Waals surface area contributed by atoms with Gasteiger partial charge in [-0.2, -0.15) is 5.26 Å². The fourth-order valence-electron chi connectivity index (χ4n) is 1.63. The fourth-order valence-corrected chi connectivity index (χ4v) is 1.63. The van der Waals surface area contributed by atoms with Crippen LogP contribution in [-0.2, 0) is 4.79 Å². The summed E-state index contributed by atoms with van der Waals surface area (Å²) in [5.41, 5.74) is 3.82. The first-order chi connectivity index (χ1) is 8.98. The van der Waals surface area contributed by atoms with Crippen molar-refractivity contribution >= 4 is 11.8 Å². The van der Waals surface area contributed by atoms with Gasteiger partial charge in [-0.05, 0) is 31.9 Å². The summed E-state index contributed by atoms with van der Waals surface area (Å²) in [7, 11) is 0. The van der Waals surface area contributed by atoms with E-state index in [9.17, 15) is 14.0 Å². The topological polar surface area (TPSA) is 82.0 Å². The molecule has 0 bridgehead atoms. The molecule has 1 aromatic carbocycles. The minimum atomic E-state index is -1.03. The number of carbonyl (C=O) groups excluding carboxylic acids is 2. The zero-order chi connectivity index (χ0) is 14.0. The van der Waals surface area contributed by atoms with Crippen molar-refractivity contribution in [2.75, 3.05) is 0 Å². The molecule has 0 aromatic heterocycles. The molecule has 1 fully saturated rings. The molecule has 1 aromatic rings. The van der Waals surface area contributed by atoms with Crippen molar-refractivity contribution in [3.8, 4) is 6.07 Å². The Kier molecular flexibility index (Phi) is 3.21. The summed E-state index contributed by atoms with van der Waals surface area (Å²) in [4.78, 5) is 23.3. The molecule has 1 saturated carbocycles. The van der Waals surface area contributed by atoms with E-state index in [-0.39, 0.29) is 5.56 Å². The second-order valence-corrected chi connectivity index (χ2v) is 4.59. The number of benzene rings is 1. The van der Waals surface area contributed by atoms with E-state index in [4.69, 9.17) is 5.26 Å². The largest absolute Gasteiger partial charge is 0.272 e. The molecule has 1 aliphatic rings. The normalized spacial score (nSPS) is 15.2. The Morgan fingerprint density at radius 1 is 1.37 bits per heavy atom. The summed E-state index contributed by atoms with van der Waals surface area (Å²) in [5.74, 6) is -1.97. The highest BCUT2D eigenvalue weighted by Gasteiger charge is 2.50. The molecule has 98 valence electrons. The van der Waals surface area contributed by atoms with E-state index in [1.807, 2.05) is 6.07 Å². The van der Waals surface area contributed by atoms with Gasteiger partial charge in [0, 0.05) is 0 Å². The summed E-state index contributed by atoms with van der Waals surface area (Å²) in [6.07, 6.45) is 0.952. The van der Waals surface area contributed by atoms with Crippen LogP contribution in [-0.4, -0.2) is 11.8 Å². The molecule has 0 saturated heterocycles. The number of nitrogens with zero attached hydrogens (tertiary/aromatic N) is 1. The number of nitriles is 1. The molecule has 6 heteroatoms. The van der Waals surface area contributed by atoms with Crippen LogP contribution in [0, 0.1) is 29.5 Å². The second-order valence-electron chi connectivity index (χ2n) is 4.59. The van der Waals surface area contributed by atoms with Gasteiger partial charge in [-0.1, -0.05) is 11.6 Å². The lowest BCUT2D eigenvalue weighted by atomic mass is 10.1. The van der Waals surface area contributed by atoms with Crippen LogP contribution >= 0.6 is 0 Å². The number of nitrogens with one attached hydrogen (secondary N) is 2. The zero-order valence-electron chi connectivity index (χ0n) is 10.3. The summed E-state index contributed by atoms with van der Waals surface area (Å²) in [5, 5.41) is 8.81. The number of amides is 2. The molecule has 0 unspecified atom stereocenters. The lowest BCUT2D eigenvalue weighted by Crippen LogP contribution is -2.45. The number of hydrogen-bond acceptors (Lipinski definition) is 3. The molecule has 5 nitrogen and oxygen atoms in total. The van der Waals surface area contributed by atoms with Crippen LogP contribution in [0.1, 0.15) is 28.8 Å². The smallest absolute Gasteiger partial charge is 0.271 e. The molecule has 0 heterocycles. The van der Waals surface area contributed by atoms with Gasteiger partial charge in [-0.3, -0.25) is 20.4 Å². The average molecular weight is 261 g/mol. The van der Waals surface area contributed by atoms with Gasteiger partial charge in [-0.15, -0.1) is 0 Å². The molecule has 2 amide bonds. The first-order valence-corrected chi connectivity index (χ1v) is 5.77. The first kappa shape index (κ1) is 13.0. The van der Waals surface area contributed by atoms with Crippen molar-refractivity contribution in [1.82, 2.24) is 10.9 Å². The van der Waals surface area contributed by atoms with Crippen LogP contribution in [0.3, 0.4) is 0 Å². The predicted octanol–water partition coefficient (Wildman–Crippen LogP) is 1.20. The van der Waals surface area contributed by atoms with Gasteiger partial charge in [0.15, 0.2) is 0 Å². The van der Waals surface area contributed by atoms with E-state index < -0.39 is 23.0 Å². The van der Waals surface area contributed by atoms with Crippen molar-refractivity contribution in [2.45, 2.75) is 19.8 Å². The van der Waals surface area contributed by atoms with Crippen molar-refractivity contribution < 1.29 is 14.0 Å². The first-order valence-electron chi connectivity index (χ1n) is 5.77. The Labute approximate surface area is 109 Å². The van der Waals surface area contributed by atoms with Gasteiger partial charge >= 0.3 is 0 Å². The lowest BCUT2D eigenvalue weighted by molar-refractivity contribution is -0.125. The molecule has 0 spiro atoms. The summed E-state index contributed by atoms with van der Waals surface area (Å²) in [6.45, 7) is 1.73. The standard InChI is InChI=1S/C13H12FN3O2/c1-8-2-3-10(14)9(6-8)11(18)16-17-12(19)13(7-15)4-5-13/h2-3,6H,4-5H2,1H3,(H,16,18)(H,17,19). The molecule has 2 N–H and O–H groups in total. The van der Waals surface area contributed by atoms with Gasteiger partial charge in [0.05, 0.1) is 11.6 Å². The highest BCUT2D eigenvalue weighted by molar-refractivity contribution is 5.97. The van der Waals surface area contributed by atoms with Crippen molar-refractivity contribution in [1.29, 1.82) is 5.26 Å². The van der Waals surface area contributed by atoms with E-state index in [2.05, 4.69) is 10.9 Å². The van der Waals surface area contributed by atoms with Gasteiger partial charge < -0.3 is 0 Å². The number of hydrazine groups is 1. The number of carbonyl (C=O) groups is 2. The van der Waals surface area contributed by atoms with Crippen molar-refractivity contribution in [3.63, 3.8) is 0 Å². The van der Waals surface area contributed by atoms with E-state index in [0.29, 0.717) is 12.8 Å². The molecule has 19 heavy (non-hydrogen) atoms. The van der Waals surface area contributed by atoms with E-state index in [0.717, 1.165) is 5.56 Å². The SMILES string of the molecule is Cc1ccc(F)c(C(=O)NNC(=O)C2(C#N)CC2)c1. The van der Waals surface area contributed by atoms with Gasteiger partial charge in [0.2, 0.25) is 0 Å². The third-order valence-electron chi connectivity index (χ3n) is 3.05. The maximum absolute atomic E-state index is 13.4. The molecular weight excluding hydrogens is 249 g/mol. The molecule has 2 rings (SSSR count). The Bertz CT molecular complexity index is 588. The van der Waals surface area contributed by atoms with Crippen molar-refractivity contribution in [3.05, 3.63) is 35.1 Å². The highest BCUT2D eigenvalue weighted by atomic mass is 19.1. The third-order valence-corrected chi connectivity index (χ3v) is 3.05. The predicted molar refractivity (Wildman–Crippen MR) is 64.0 cm³/mol. The maximum Gasteiger partial charge on any atom is 0.272 e. The minimum Gasteiger partial charge on any atom is -0.271 e. The zero-order valence-corrected chi connectivity index (χ0v) is 10.3. The summed E-state index contributed by atoms with van der Waals surface area (Å²) < 4.78 is 13.4. The monoisotopic (exact) mass is 261 g/mol. The number of halogens is 1. The lowest BCUT2D eigenvalue weighted by Gasteiger charge is -2.10. The van der Waals surface area contributed by atoms with Crippen LogP contribution in [0.2, 0.25) is 0 Å². The Balaban J connectivity index is 2.01. The number of aryl methyl sites for hydroxylation is 1. The van der Waals surface area contributed by atoms with Crippen molar-refractivity contribution in [2.24, 2.45) is 5.41 Å². The maximum atomic E-state index is 13.4. The number of hydrogen-bond donors (Lipinski definition) is 2. The van der Waals surface area contributed by atoms with Crippen LogP contribution in [0.4, 0.5) is 4.39 Å². The van der Waals surface area contributed by atoms with Gasteiger partial charge in [0.1, 0.15) is 11.2 Å². The quantitative estimate of drug-likeness (QED) is 0.785. The molecule has 0 aliphatic heterocycles. The van der Waals surface area contributed by atoms with Gasteiger partial charge in [-0.25, -0.2) is 4.39 Å². The van der Waals surface area contributed by atoms with Crippen LogP contribution in [0.5, 0.6) is 0 Å². The van der Waals surface area contributed by atoms with Crippen LogP contribution < -0.4 is 10.9 Å². The Morgan fingerprint density at radius 3 is 2.63 bits per heavy atom. The van der Waals surface area contributed by atoms with Gasteiger partial charge in [0.25, 0.3) is 11.8 Å². The highest BCUT2D eigenvalue weighted by Crippen LogP contribution is 2.44. The Hall–Kier alpha value is -2.42. The van der Waals surface area contributed by atoms with Crippen LogP contribution in [0.25, 0.3) is 0 Å². The third kappa shape index (κ3) is 2.55. The fraction of sp³-hybridized carbons (Fsp3) is 0.308. The molecule has 1 aliphatic carbocycles. The van der Waals surface area contributed by atoms with E-state index in [1.54, 1.807) is 13.0 Å². The summed E-state index contributed by atoms with van der Waals surface area (Å²) in [6, 6.07) is 6.01. The second kappa shape index (κ2) is 4.69. The molecule has 0 radical (unpaired) electrons. The summed E-state index contributed by atoms with van der Waals surface area (Å²) >= 11 is 0. The van der Waals surface area contributed by atoms with Crippen LogP contribution in [0.15, 0.2) is 18.2 Å². The molecular formula is C13H12FN3O2.